The van der Waals surface area contributed by atoms with E-state index in [0.717, 1.165) is 50.1 Å². The minimum absolute atomic E-state index is 0.527. The van der Waals surface area contributed by atoms with Crippen LogP contribution in [0.4, 0.5) is 17.1 Å². The number of furan rings is 1. The number of benzene rings is 11. The predicted octanol–water partition coefficient (Wildman–Crippen LogP) is 18.8. The molecule has 0 N–H and O–H groups in total. The number of hydrogen-bond donors (Lipinski definition) is 0. The summed E-state index contributed by atoms with van der Waals surface area (Å²) in [6.45, 7) is 0. The Labute approximate surface area is 410 Å². The van der Waals surface area contributed by atoms with Crippen LogP contribution in [0.25, 0.3) is 86.6 Å². The van der Waals surface area contributed by atoms with Crippen LogP contribution in [-0.2, 0) is 5.41 Å². The summed E-state index contributed by atoms with van der Waals surface area (Å²) in [5.74, 6) is 0. The van der Waals surface area contributed by atoms with Crippen LogP contribution in [0.3, 0.4) is 0 Å². The average molecular weight is 910 g/mol. The Bertz CT molecular complexity index is 4070. The highest BCUT2D eigenvalue weighted by atomic mass is 32.1. The van der Waals surface area contributed by atoms with Crippen LogP contribution in [0.5, 0.6) is 0 Å². The van der Waals surface area contributed by atoms with E-state index in [2.05, 4.69) is 260 Å². The van der Waals surface area contributed by atoms with Crippen LogP contribution < -0.4 is 4.90 Å². The minimum atomic E-state index is -0.527. The van der Waals surface area contributed by atoms with Crippen molar-refractivity contribution in [2.45, 2.75) is 5.41 Å². The van der Waals surface area contributed by atoms with Gasteiger partial charge in [-0.1, -0.05) is 206 Å². The lowest BCUT2D eigenvalue weighted by Crippen LogP contribution is -2.28. The Morgan fingerprint density at radius 3 is 1.70 bits per heavy atom. The summed E-state index contributed by atoms with van der Waals surface area (Å²) in [5, 5.41) is 4.89. The third-order valence-electron chi connectivity index (χ3n) is 14.6. The lowest BCUT2D eigenvalue weighted by molar-refractivity contribution is 0.669. The normalized spacial score (nSPS) is 12.7. The Hall–Kier alpha value is -8.76. The van der Waals surface area contributed by atoms with Crippen LogP contribution in [0.1, 0.15) is 22.3 Å². The molecule has 0 amide bonds. The van der Waals surface area contributed by atoms with Gasteiger partial charge in [0.25, 0.3) is 0 Å². The van der Waals surface area contributed by atoms with Gasteiger partial charge in [-0.2, -0.15) is 0 Å². The van der Waals surface area contributed by atoms with Crippen molar-refractivity contribution in [3.05, 3.63) is 283 Å². The maximum Gasteiger partial charge on any atom is 0.136 e. The molecule has 11 aromatic carbocycles. The SMILES string of the molecule is c1ccc(C2(c3ccccc3)c3ccccc3-c3c(N(c4ccc(-c5cccc(-c6cccc7c6sc6ccccc67)c5)cc4)c4ccc(-c5cccc6oc7ccccc7c56)cc4)cccc32)cc1. The van der Waals surface area contributed by atoms with Crippen molar-refractivity contribution in [3.63, 3.8) is 0 Å². The quantitative estimate of drug-likeness (QED) is 0.151. The molecule has 0 aliphatic heterocycles. The molecule has 0 saturated carbocycles. The first-order valence-electron chi connectivity index (χ1n) is 24.0. The highest BCUT2D eigenvalue weighted by Crippen LogP contribution is 2.59. The van der Waals surface area contributed by atoms with Crippen LogP contribution in [0.2, 0.25) is 0 Å². The largest absolute Gasteiger partial charge is 0.456 e. The zero-order chi connectivity index (χ0) is 46.2. The van der Waals surface area contributed by atoms with Crippen molar-refractivity contribution >= 4 is 70.5 Å². The fraction of sp³-hybridized carbons (Fsp3) is 0.0149. The highest BCUT2D eigenvalue weighted by Gasteiger charge is 2.47. The second kappa shape index (κ2) is 16.2. The Morgan fingerprint density at radius 2 is 0.914 bits per heavy atom. The zero-order valence-electron chi connectivity index (χ0n) is 38.1. The number of thiophene rings is 1. The van der Waals surface area contributed by atoms with E-state index < -0.39 is 5.41 Å². The minimum Gasteiger partial charge on any atom is -0.456 e. The lowest BCUT2D eigenvalue weighted by atomic mass is 9.68. The summed E-state index contributed by atoms with van der Waals surface area (Å²) < 4.78 is 8.98. The Morgan fingerprint density at radius 1 is 0.357 bits per heavy atom. The molecule has 0 unspecified atom stereocenters. The smallest absolute Gasteiger partial charge is 0.136 e. The summed E-state index contributed by atoms with van der Waals surface area (Å²) in [6, 6.07) is 95.5. The molecule has 2 aromatic heterocycles. The van der Waals surface area contributed by atoms with Gasteiger partial charge in [-0.05, 0) is 116 Å². The van der Waals surface area contributed by atoms with Crippen LogP contribution in [0, 0.1) is 0 Å². The number of fused-ring (bicyclic) bond motifs is 9. The van der Waals surface area contributed by atoms with Crippen LogP contribution in [0.15, 0.2) is 265 Å². The van der Waals surface area contributed by atoms with Gasteiger partial charge in [-0.25, -0.2) is 0 Å². The fourth-order valence-electron chi connectivity index (χ4n) is 11.5. The van der Waals surface area contributed by atoms with Crippen LogP contribution >= 0.6 is 11.3 Å². The molecule has 13 aromatic rings. The molecule has 0 saturated heterocycles. The molecule has 0 atom stereocenters. The zero-order valence-corrected chi connectivity index (χ0v) is 38.9. The van der Waals surface area contributed by atoms with Gasteiger partial charge in [0.1, 0.15) is 11.2 Å². The molecule has 3 heteroatoms. The van der Waals surface area contributed by atoms with Crippen molar-refractivity contribution in [2.75, 3.05) is 4.90 Å². The number of anilines is 3. The molecule has 2 heterocycles. The van der Waals surface area contributed by atoms with Crippen molar-refractivity contribution in [1.29, 1.82) is 0 Å². The van der Waals surface area contributed by atoms with E-state index in [1.54, 1.807) is 0 Å². The summed E-state index contributed by atoms with van der Waals surface area (Å²) >= 11 is 1.88. The van der Waals surface area contributed by atoms with Crippen LogP contribution in [-0.4, -0.2) is 0 Å². The molecule has 328 valence electrons. The molecule has 0 bridgehead atoms. The van der Waals surface area contributed by atoms with Crippen molar-refractivity contribution < 1.29 is 4.42 Å². The predicted molar refractivity (Wildman–Crippen MR) is 295 cm³/mol. The summed E-state index contributed by atoms with van der Waals surface area (Å²) in [5.41, 5.74) is 19.2. The number of nitrogens with zero attached hydrogens (tertiary/aromatic N) is 1. The molecule has 1 aliphatic carbocycles. The number of para-hydroxylation sites is 1. The molecule has 0 fully saturated rings. The molecular formula is C67H43NOS. The van der Waals surface area contributed by atoms with Gasteiger partial charge < -0.3 is 9.32 Å². The van der Waals surface area contributed by atoms with Gasteiger partial charge >= 0.3 is 0 Å². The molecule has 0 spiro atoms. The molecule has 70 heavy (non-hydrogen) atoms. The topological polar surface area (TPSA) is 16.4 Å². The van der Waals surface area contributed by atoms with Gasteiger partial charge in [-0.15, -0.1) is 11.3 Å². The fourth-order valence-corrected chi connectivity index (χ4v) is 12.8. The summed E-state index contributed by atoms with van der Waals surface area (Å²) in [7, 11) is 0. The van der Waals surface area contributed by atoms with E-state index in [-0.39, 0.29) is 0 Å². The Kier molecular flexibility index (Phi) is 9.33. The van der Waals surface area contributed by atoms with E-state index in [1.165, 1.54) is 75.8 Å². The van der Waals surface area contributed by atoms with E-state index in [0.29, 0.717) is 0 Å². The standard InChI is InChI=1S/C67H43NOS/c1-3-19-48(20-4-1)67(49-21-5-2-6-22-49)58-29-10-7-24-56(58)65-59(67)30-16-31-60(65)68(51-41-37-45(38-42-51)52-26-15-33-62-64(52)57-25-8-11-32-61(57)69-62)50-39-35-44(36-40-50)46-17-13-18-47(43-46)53-27-14-28-55-54-23-9-12-34-63(54)70-66(53)55/h1-43H. The van der Waals surface area contributed by atoms with Gasteiger partial charge in [0.15, 0.2) is 0 Å². The first-order chi connectivity index (χ1) is 34.7. The van der Waals surface area contributed by atoms with Crippen molar-refractivity contribution in [1.82, 2.24) is 0 Å². The average Bonchev–Trinajstić information content (AvgIpc) is 4.11. The van der Waals surface area contributed by atoms with Gasteiger partial charge in [0.2, 0.25) is 0 Å². The molecular weight excluding hydrogens is 867 g/mol. The summed E-state index contributed by atoms with van der Waals surface area (Å²) in [6.07, 6.45) is 0. The van der Waals surface area contributed by atoms with Crippen molar-refractivity contribution in [2.24, 2.45) is 0 Å². The Balaban J connectivity index is 0.937. The van der Waals surface area contributed by atoms with E-state index in [9.17, 15) is 0 Å². The maximum absolute atomic E-state index is 6.34. The molecule has 1 aliphatic rings. The first-order valence-corrected chi connectivity index (χ1v) is 24.8. The lowest BCUT2D eigenvalue weighted by Gasteiger charge is -2.34. The maximum atomic E-state index is 6.34. The van der Waals surface area contributed by atoms with E-state index in [1.807, 2.05) is 17.4 Å². The number of hydrogen-bond acceptors (Lipinski definition) is 3. The second-order valence-corrected chi connectivity index (χ2v) is 19.3. The molecule has 0 radical (unpaired) electrons. The van der Waals surface area contributed by atoms with E-state index >= 15 is 0 Å². The van der Waals surface area contributed by atoms with Crippen molar-refractivity contribution in [3.8, 4) is 44.5 Å². The summed E-state index contributed by atoms with van der Waals surface area (Å²) in [4.78, 5) is 2.46. The molecule has 14 rings (SSSR count). The third-order valence-corrected chi connectivity index (χ3v) is 15.8. The van der Waals surface area contributed by atoms with E-state index in [4.69, 9.17) is 4.42 Å². The first kappa shape index (κ1) is 40.3. The second-order valence-electron chi connectivity index (χ2n) is 18.3. The molecule has 2 nitrogen and oxygen atoms in total. The highest BCUT2D eigenvalue weighted by molar-refractivity contribution is 7.26. The monoisotopic (exact) mass is 909 g/mol. The van der Waals surface area contributed by atoms with Gasteiger partial charge in [0, 0.05) is 47.9 Å². The van der Waals surface area contributed by atoms with Gasteiger partial charge in [-0.3, -0.25) is 0 Å². The number of rotatable bonds is 8. The van der Waals surface area contributed by atoms with Gasteiger partial charge in [0.05, 0.1) is 11.1 Å². The third kappa shape index (κ3) is 6.19.